The van der Waals surface area contributed by atoms with E-state index in [1.807, 2.05) is 18.2 Å². The summed E-state index contributed by atoms with van der Waals surface area (Å²) in [6.45, 7) is 0.446. The maximum Gasteiger partial charge on any atom is 0.259 e. The zero-order valence-corrected chi connectivity index (χ0v) is 16.1. The number of nitrogens with one attached hydrogen (secondary N) is 1. The van der Waals surface area contributed by atoms with Crippen molar-refractivity contribution in [1.29, 1.82) is 0 Å². The van der Waals surface area contributed by atoms with Crippen molar-refractivity contribution in [2.24, 2.45) is 23.5 Å². The quantitative estimate of drug-likeness (QED) is 0.783. The second-order valence-electron chi connectivity index (χ2n) is 7.38. The minimum Gasteiger partial charge on any atom is -0.484 e. The first-order valence-electron chi connectivity index (χ1n) is 8.91. The summed E-state index contributed by atoms with van der Waals surface area (Å²) in [5.74, 6) is 1.52. The van der Waals surface area contributed by atoms with Gasteiger partial charge in [-0.3, -0.25) is 9.59 Å². The molecule has 2 bridgehead atoms. The lowest BCUT2D eigenvalue weighted by atomic mass is 9.84. The van der Waals surface area contributed by atoms with Crippen LogP contribution >= 0.6 is 12.4 Å². The molecular formula is C19H28ClN3O3. The Labute approximate surface area is 160 Å². The highest BCUT2D eigenvalue weighted by Crippen LogP contribution is 2.47. The maximum absolute atomic E-state index is 12.5. The first-order valence-corrected chi connectivity index (χ1v) is 8.91. The van der Waals surface area contributed by atoms with E-state index in [1.54, 1.807) is 20.2 Å². The first kappa shape index (κ1) is 20.5. The summed E-state index contributed by atoms with van der Waals surface area (Å²) in [4.78, 5) is 25.6. The third-order valence-corrected chi connectivity index (χ3v) is 5.51. The number of carbonyl (C=O) groups is 2. The summed E-state index contributed by atoms with van der Waals surface area (Å²) in [7, 11) is 3.39. The van der Waals surface area contributed by atoms with Gasteiger partial charge >= 0.3 is 0 Å². The molecule has 0 radical (unpaired) electrons. The van der Waals surface area contributed by atoms with Crippen LogP contribution in [-0.2, 0) is 16.1 Å². The molecule has 0 heterocycles. The van der Waals surface area contributed by atoms with Crippen LogP contribution in [0, 0.1) is 17.8 Å². The number of likely N-dealkylation sites (N-methyl/N-ethyl adjacent to an activating group) is 1. The molecule has 144 valence electrons. The topological polar surface area (TPSA) is 84.7 Å². The van der Waals surface area contributed by atoms with Crippen molar-refractivity contribution in [2.75, 3.05) is 20.7 Å². The van der Waals surface area contributed by atoms with Gasteiger partial charge in [-0.25, -0.2) is 0 Å². The van der Waals surface area contributed by atoms with Crippen LogP contribution < -0.4 is 15.8 Å². The van der Waals surface area contributed by atoms with Gasteiger partial charge in [0.15, 0.2) is 6.61 Å². The molecule has 7 heteroatoms. The molecule has 1 aromatic rings. The van der Waals surface area contributed by atoms with Crippen molar-refractivity contribution in [3.63, 3.8) is 0 Å². The Morgan fingerprint density at radius 1 is 1.27 bits per heavy atom. The number of nitrogens with zero attached hydrogens (tertiary/aromatic N) is 1. The van der Waals surface area contributed by atoms with Gasteiger partial charge in [0, 0.05) is 26.7 Å². The minimum absolute atomic E-state index is 0. The third kappa shape index (κ3) is 4.48. The molecule has 2 amide bonds. The van der Waals surface area contributed by atoms with Crippen molar-refractivity contribution >= 4 is 24.2 Å². The van der Waals surface area contributed by atoms with Crippen LogP contribution in [0.4, 0.5) is 0 Å². The molecule has 4 atom stereocenters. The van der Waals surface area contributed by atoms with Crippen LogP contribution in [0.2, 0.25) is 0 Å². The minimum atomic E-state index is -0.0935. The number of fused-ring (bicyclic) bond motifs is 2. The smallest absolute Gasteiger partial charge is 0.259 e. The lowest BCUT2D eigenvalue weighted by Gasteiger charge is -2.27. The highest BCUT2D eigenvalue weighted by Gasteiger charge is 2.48. The predicted octanol–water partition coefficient (Wildman–Crippen LogP) is 1.56. The third-order valence-electron chi connectivity index (χ3n) is 5.51. The molecule has 4 unspecified atom stereocenters. The summed E-state index contributed by atoms with van der Waals surface area (Å²) in [6.07, 6.45) is 3.39. The fourth-order valence-electron chi connectivity index (χ4n) is 4.05. The Balaban J connectivity index is 0.00000243. The fourth-order valence-corrected chi connectivity index (χ4v) is 4.05. The summed E-state index contributed by atoms with van der Waals surface area (Å²) >= 11 is 0. The number of hydrogen-bond acceptors (Lipinski definition) is 4. The molecule has 2 aliphatic carbocycles. The van der Waals surface area contributed by atoms with Gasteiger partial charge in [-0.05, 0) is 48.8 Å². The molecule has 3 N–H and O–H groups in total. The molecule has 2 fully saturated rings. The average Bonchev–Trinajstić information content (AvgIpc) is 3.19. The van der Waals surface area contributed by atoms with Crippen LogP contribution in [0.15, 0.2) is 24.3 Å². The number of rotatable bonds is 6. The van der Waals surface area contributed by atoms with Crippen molar-refractivity contribution in [1.82, 2.24) is 10.2 Å². The standard InChI is InChI=1S/C19H27N3O3.ClH/c1-22(2)16(23)11-25-15-5-3-4-12(8-15)10-21-19(24)17-13-6-7-14(9-13)18(17)20;/h3-5,8,13-14,17-18H,6-7,9-11,20H2,1-2H3,(H,21,24);1H. The number of amides is 2. The van der Waals surface area contributed by atoms with Gasteiger partial charge in [0.2, 0.25) is 5.91 Å². The number of benzene rings is 1. The van der Waals surface area contributed by atoms with Gasteiger partial charge in [-0.1, -0.05) is 12.1 Å². The van der Waals surface area contributed by atoms with Crippen molar-refractivity contribution in [3.05, 3.63) is 29.8 Å². The van der Waals surface area contributed by atoms with E-state index < -0.39 is 0 Å². The molecule has 0 spiro atoms. The highest BCUT2D eigenvalue weighted by molar-refractivity contribution is 5.85. The molecule has 6 nitrogen and oxygen atoms in total. The number of ether oxygens (including phenoxy) is 1. The second kappa shape index (κ2) is 8.73. The van der Waals surface area contributed by atoms with E-state index in [4.69, 9.17) is 10.5 Å². The summed E-state index contributed by atoms with van der Waals surface area (Å²) in [5.41, 5.74) is 7.18. The normalized spacial score (nSPS) is 26.1. The molecule has 0 saturated heterocycles. The highest BCUT2D eigenvalue weighted by atomic mass is 35.5. The van der Waals surface area contributed by atoms with E-state index >= 15 is 0 Å². The van der Waals surface area contributed by atoms with E-state index in [0.717, 1.165) is 18.4 Å². The Bertz CT molecular complexity index is 651. The van der Waals surface area contributed by atoms with Crippen molar-refractivity contribution in [3.8, 4) is 5.75 Å². The monoisotopic (exact) mass is 381 g/mol. The Morgan fingerprint density at radius 2 is 2.00 bits per heavy atom. The summed E-state index contributed by atoms with van der Waals surface area (Å²) < 4.78 is 5.51. The van der Waals surface area contributed by atoms with Gasteiger partial charge in [-0.15, -0.1) is 12.4 Å². The number of halogens is 1. The molecule has 26 heavy (non-hydrogen) atoms. The zero-order valence-electron chi connectivity index (χ0n) is 15.3. The van der Waals surface area contributed by atoms with Gasteiger partial charge in [0.05, 0.1) is 5.92 Å². The van der Waals surface area contributed by atoms with Gasteiger partial charge < -0.3 is 20.7 Å². The zero-order chi connectivity index (χ0) is 18.0. The van der Waals surface area contributed by atoms with Crippen molar-refractivity contribution < 1.29 is 14.3 Å². The average molecular weight is 382 g/mol. The lowest BCUT2D eigenvalue weighted by molar-refractivity contribution is -0.130. The summed E-state index contributed by atoms with van der Waals surface area (Å²) in [6, 6.07) is 7.46. The van der Waals surface area contributed by atoms with E-state index in [9.17, 15) is 9.59 Å². The second-order valence-corrected chi connectivity index (χ2v) is 7.38. The maximum atomic E-state index is 12.5. The largest absolute Gasteiger partial charge is 0.484 e. The number of nitrogens with two attached hydrogens (primary N) is 1. The van der Waals surface area contributed by atoms with E-state index in [-0.39, 0.29) is 42.8 Å². The van der Waals surface area contributed by atoms with Crippen LogP contribution in [-0.4, -0.2) is 43.5 Å². The van der Waals surface area contributed by atoms with E-state index in [0.29, 0.717) is 24.1 Å². The lowest BCUT2D eigenvalue weighted by Crippen LogP contribution is -2.45. The van der Waals surface area contributed by atoms with Crippen LogP contribution in [0.3, 0.4) is 0 Å². The fraction of sp³-hybridized carbons (Fsp3) is 0.579. The number of hydrogen-bond donors (Lipinski definition) is 2. The van der Waals surface area contributed by atoms with Gasteiger partial charge in [0.1, 0.15) is 5.75 Å². The molecule has 1 aromatic carbocycles. The Hall–Kier alpha value is -1.79. The first-order chi connectivity index (χ1) is 12.0. The van der Waals surface area contributed by atoms with E-state index in [1.165, 1.54) is 11.3 Å². The number of carbonyl (C=O) groups excluding carboxylic acids is 2. The van der Waals surface area contributed by atoms with Crippen molar-refractivity contribution in [2.45, 2.75) is 31.8 Å². The van der Waals surface area contributed by atoms with Crippen LogP contribution in [0.1, 0.15) is 24.8 Å². The van der Waals surface area contributed by atoms with Crippen LogP contribution in [0.5, 0.6) is 5.75 Å². The van der Waals surface area contributed by atoms with Gasteiger partial charge in [-0.2, -0.15) is 0 Å². The Morgan fingerprint density at radius 3 is 2.65 bits per heavy atom. The molecular weight excluding hydrogens is 354 g/mol. The molecule has 3 rings (SSSR count). The molecule has 0 aromatic heterocycles. The molecule has 2 aliphatic rings. The Kier molecular flexibility index (Phi) is 6.89. The van der Waals surface area contributed by atoms with E-state index in [2.05, 4.69) is 5.32 Å². The predicted molar refractivity (Wildman–Crippen MR) is 102 cm³/mol. The SMILES string of the molecule is CN(C)C(=O)COc1cccc(CNC(=O)C2C3CCC(C3)C2N)c1.Cl. The summed E-state index contributed by atoms with van der Waals surface area (Å²) in [5, 5.41) is 3.02. The molecule has 0 aliphatic heterocycles. The van der Waals surface area contributed by atoms with Gasteiger partial charge in [0.25, 0.3) is 5.91 Å². The van der Waals surface area contributed by atoms with Crippen LogP contribution in [0.25, 0.3) is 0 Å². The molecule has 2 saturated carbocycles.